The van der Waals surface area contributed by atoms with Gasteiger partial charge in [-0.05, 0) is 12.1 Å². The van der Waals surface area contributed by atoms with Crippen LogP contribution >= 0.6 is 23.2 Å². The summed E-state index contributed by atoms with van der Waals surface area (Å²) in [5.41, 5.74) is 5.29. The molecule has 0 aromatic heterocycles. The summed E-state index contributed by atoms with van der Waals surface area (Å²) >= 11 is 10.9. The Bertz CT molecular complexity index is 354. The molecule has 0 heterocycles. The van der Waals surface area contributed by atoms with Crippen LogP contribution in [0.4, 0.5) is 10.1 Å². The highest BCUT2D eigenvalue weighted by Gasteiger charge is 2.12. The molecule has 13 heavy (non-hydrogen) atoms. The predicted molar refractivity (Wildman–Crippen MR) is 50.9 cm³/mol. The van der Waals surface area contributed by atoms with Crippen LogP contribution in [0.1, 0.15) is 10.4 Å². The van der Waals surface area contributed by atoms with Gasteiger partial charge in [-0.2, -0.15) is 0 Å². The van der Waals surface area contributed by atoms with E-state index in [1.165, 1.54) is 6.07 Å². The second-order valence-corrected chi connectivity index (χ2v) is 3.08. The molecule has 5 heteroatoms. The molecule has 1 aromatic rings. The lowest BCUT2D eigenvalue weighted by Crippen LogP contribution is -2.03. The molecule has 0 aliphatic carbocycles. The number of nitrogens with two attached hydrogens (primary N) is 1. The third-order valence-electron chi connectivity index (χ3n) is 1.51. The van der Waals surface area contributed by atoms with Gasteiger partial charge in [0.2, 0.25) is 0 Å². The lowest BCUT2D eigenvalue weighted by Gasteiger charge is -2.03. The molecule has 2 N–H and O–H groups in total. The van der Waals surface area contributed by atoms with Crippen LogP contribution in [-0.2, 0) is 0 Å². The highest BCUT2D eigenvalue weighted by Crippen LogP contribution is 2.22. The Morgan fingerprint density at radius 3 is 2.69 bits per heavy atom. The van der Waals surface area contributed by atoms with Crippen LogP contribution in [0.5, 0.6) is 0 Å². The van der Waals surface area contributed by atoms with E-state index >= 15 is 0 Å². The van der Waals surface area contributed by atoms with E-state index in [1.54, 1.807) is 0 Å². The summed E-state index contributed by atoms with van der Waals surface area (Å²) in [5, 5.41) is 0.0253. The number of hydrogen-bond acceptors (Lipinski definition) is 2. The zero-order valence-electron chi connectivity index (χ0n) is 6.48. The van der Waals surface area contributed by atoms with Crippen molar-refractivity contribution in [2.75, 3.05) is 11.6 Å². The second-order valence-electron chi connectivity index (χ2n) is 2.41. The van der Waals surface area contributed by atoms with Crippen LogP contribution in [0.3, 0.4) is 0 Å². The van der Waals surface area contributed by atoms with Gasteiger partial charge < -0.3 is 5.73 Å². The Kier molecular flexibility index (Phi) is 3.12. The third-order valence-corrected chi connectivity index (χ3v) is 2.06. The van der Waals surface area contributed by atoms with Gasteiger partial charge in [-0.15, -0.1) is 11.6 Å². The average molecular weight is 222 g/mol. The highest BCUT2D eigenvalue weighted by molar-refractivity contribution is 6.37. The molecule has 0 radical (unpaired) electrons. The number of carbonyl (C=O) groups is 1. The quantitative estimate of drug-likeness (QED) is 0.474. The van der Waals surface area contributed by atoms with Crippen molar-refractivity contribution in [3.8, 4) is 0 Å². The molecule has 0 bridgehead atoms. The van der Waals surface area contributed by atoms with Crippen LogP contribution in [0.25, 0.3) is 0 Å². The minimum absolute atomic E-state index is 0.0253. The van der Waals surface area contributed by atoms with Crippen molar-refractivity contribution in [3.05, 3.63) is 28.5 Å². The number of halogens is 3. The van der Waals surface area contributed by atoms with Crippen LogP contribution in [-0.4, -0.2) is 11.7 Å². The SMILES string of the molecule is Nc1cc(C(=O)CCl)c(Cl)cc1F. The van der Waals surface area contributed by atoms with E-state index in [4.69, 9.17) is 28.9 Å². The number of hydrogen-bond donors (Lipinski definition) is 1. The van der Waals surface area contributed by atoms with E-state index in [-0.39, 0.29) is 27.9 Å². The number of anilines is 1. The molecule has 0 atom stereocenters. The maximum Gasteiger partial charge on any atom is 0.179 e. The summed E-state index contributed by atoms with van der Waals surface area (Å²) in [6.07, 6.45) is 0. The highest BCUT2D eigenvalue weighted by atomic mass is 35.5. The fraction of sp³-hybridized carbons (Fsp3) is 0.125. The van der Waals surface area contributed by atoms with Crippen molar-refractivity contribution in [3.63, 3.8) is 0 Å². The second kappa shape index (κ2) is 3.94. The number of alkyl halides is 1. The molecular weight excluding hydrogens is 216 g/mol. The van der Waals surface area contributed by atoms with Crippen molar-refractivity contribution in [1.82, 2.24) is 0 Å². The summed E-state index contributed by atoms with van der Waals surface area (Å²) < 4.78 is 12.8. The summed E-state index contributed by atoms with van der Waals surface area (Å²) in [4.78, 5) is 11.1. The summed E-state index contributed by atoms with van der Waals surface area (Å²) in [6.45, 7) is 0. The van der Waals surface area contributed by atoms with Gasteiger partial charge in [-0.3, -0.25) is 4.79 Å². The van der Waals surface area contributed by atoms with E-state index in [0.29, 0.717) is 0 Å². The first-order chi connectivity index (χ1) is 6.06. The number of carbonyl (C=O) groups excluding carboxylic acids is 1. The van der Waals surface area contributed by atoms with Gasteiger partial charge in [-0.25, -0.2) is 4.39 Å². The minimum atomic E-state index is -0.642. The van der Waals surface area contributed by atoms with Crippen molar-refractivity contribution in [2.24, 2.45) is 0 Å². The Morgan fingerprint density at radius 1 is 1.54 bits per heavy atom. The molecule has 1 rings (SSSR count). The van der Waals surface area contributed by atoms with E-state index in [2.05, 4.69) is 0 Å². The van der Waals surface area contributed by atoms with Gasteiger partial charge in [0.15, 0.2) is 5.78 Å². The Hall–Kier alpha value is -0.800. The number of nitrogen functional groups attached to an aromatic ring is 1. The summed E-state index contributed by atoms with van der Waals surface area (Å²) in [6, 6.07) is 2.18. The maximum atomic E-state index is 12.8. The number of benzene rings is 1. The molecular formula is C8H6Cl2FNO. The van der Waals surface area contributed by atoms with E-state index in [9.17, 15) is 9.18 Å². The minimum Gasteiger partial charge on any atom is -0.396 e. The fourth-order valence-electron chi connectivity index (χ4n) is 0.851. The third kappa shape index (κ3) is 2.11. The lowest BCUT2D eigenvalue weighted by atomic mass is 10.1. The van der Waals surface area contributed by atoms with Crippen molar-refractivity contribution >= 4 is 34.7 Å². The van der Waals surface area contributed by atoms with E-state index < -0.39 is 5.82 Å². The Labute approximate surface area is 84.4 Å². The maximum absolute atomic E-state index is 12.8. The molecule has 0 saturated carbocycles. The van der Waals surface area contributed by atoms with Gasteiger partial charge >= 0.3 is 0 Å². The molecule has 1 aromatic carbocycles. The van der Waals surface area contributed by atoms with Gasteiger partial charge in [0.05, 0.1) is 16.6 Å². The van der Waals surface area contributed by atoms with Crippen molar-refractivity contribution in [1.29, 1.82) is 0 Å². The molecule has 0 amide bonds. The summed E-state index contributed by atoms with van der Waals surface area (Å²) in [5.74, 6) is -1.22. The molecule has 0 aliphatic rings. The standard InChI is InChI=1S/C8H6Cl2FNO/c9-3-8(13)4-1-7(12)6(11)2-5(4)10/h1-2H,3,12H2. The number of ketones is 1. The molecule has 0 aliphatic heterocycles. The fourth-order valence-corrected chi connectivity index (χ4v) is 1.25. The van der Waals surface area contributed by atoms with Gasteiger partial charge in [0, 0.05) is 5.56 Å². The molecule has 0 saturated heterocycles. The average Bonchev–Trinajstić information content (AvgIpc) is 2.10. The number of rotatable bonds is 2. The first-order valence-corrected chi connectivity index (χ1v) is 4.31. The topological polar surface area (TPSA) is 43.1 Å². The Morgan fingerprint density at radius 2 is 2.15 bits per heavy atom. The first kappa shape index (κ1) is 10.3. The molecule has 70 valence electrons. The largest absolute Gasteiger partial charge is 0.396 e. The van der Waals surface area contributed by atoms with Crippen molar-refractivity contribution < 1.29 is 9.18 Å². The predicted octanol–water partition coefficient (Wildman–Crippen LogP) is 2.48. The molecule has 0 unspecified atom stereocenters. The number of Topliss-reactive ketones (excluding diaryl/α,β-unsaturated/α-hetero) is 1. The van der Waals surface area contributed by atoms with Gasteiger partial charge in [0.1, 0.15) is 5.82 Å². The molecule has 2 nitrogen and oxygen atoms in total. The monoisotopic (exact) mass is 221 g/mol. The molecule has 0 fully saturated rings. The van der Waals surface area contributed by atoms with Crippen LogP contribution in [0.15, 0.2) is 12.1 Å². The normalized spacial score (nSPS) is 10.1. The molecule has 0 spiro atoms. The summed E-state index contributed by atoms with van der Waals surface area (Å²) in [7, 11) is 0. The zero-order chi connectivity index (χ0) is 10.0. The van der Waals surface area contributed by atoms with Crippen LogP contribution < -0.4 is 5.73 Å². The smallest absolute Gasteiger partial charge is 0.179 e. The zero-order valence-corrected chi connectivity index (χ0v) is 7.99. The van der Waals surface area contributed by atoms with E-state index in [1.807, 2.05) is 0 Å². The first-order valence-electron chi connectivity index (χ1n) is 3.40. The van der Waals surface area contributed by atoms with E-state index in [0.717, 1.165) is 6.07 Å². The van der Waals surface area contributed by atoms with Gasteiger partial charge in [-0.1, -0.05) is 11.6 Å². The van der Waals surface area contributed by atoms with Gasteiger partial charge in [0.25, 0.3) is 0 Å². The van der Waals surface area contributed by atoms with Crippen molar-refractivity contribution in [2.45, 2.75) is 0 Å². The lowest BCUT2D eigenvalue weighted by molar-refractivity contribution is 0.102. The van der Waals surface area contributed by atoms with Crippen LogP contribution in [0, 0.1) is 5.82 Å². The Balaban J connectivity index is 3.23. The van der Waals surface area contributed by atoms with Crippen LogP contribution in [0.2, 0.25) is 5.02 Å².